The molecule has 1 aliphatic rings. The van der Waals surface area contributed by atoms with Gasteiger partial charge in [-0.1, -0.05) is 55.5 Å². The Morgan fingerprint density at radius 2 is 1.78 bits per heavy atom. The van der Waals surface area contributed by atoms with E-state index < -0.39 is 9.84 Å². The fraction of sp³-hybridized carbons (Fsp3) is 0.381. The number of benzene rings is 2. The number of hydrogen-bond donors (Lipinski definition) is 1. The lowest BCUT2D eigenvalue weighted by Gasteiger charge is -2.37. The maximum absolute atomic E-state index is 12.8. The van der Waals surface area contributed by atoms with E-state index in [1.54, 1.807) is 24.3 Å². The van der Waals surface area contributed by atoms with E-state index in [1.807, 2.05) is 23.1 Å². The van der Waals surface area contributed by atoms with Gasteiger partial charge in [0, 0.05) is 31.0 Å². The molecule has 2 unspecified atom stereocenters. The van der Waals surface area contributed by atoms with Crippen molar-refractivity contribution in [1.82, 2.24) is 4.90 Å². The summed E-state index contributed by atoms with van der Waals surface area (Å²) in [5, 5.41) is 2.91. The van der Waals surface area contributed by atoms with Gasteiger partial charge in [-0.3, -0.25) is 0 Å². The van der Waals surface area contributed by atoms with Gasteiger partial charge >= 0.3 is 6.03 Å². The molecule has 3 rings (SSSR count). The number of piperidine rings is 1. The number of likely N-dealkylation sites (tertiary alicyclic amines) is 1. The predicted octanol–water partition coefficient (Wildman–Crippen LogP) is 3.89. The summed E-state index contributed by atoms with van der Waals surface area (Å²) < 4.78 is 23.3. The summed E-state index contributed by atoms with van der Waals surface area (Å²) >= 11 is 0. The van der Waals surface area contributed by atoms with E-state index in [0.717, 1.165) is 6.42 Å². The second-order valence-corrected chi connectivity index (χ2v) is 9.53. The Balaban J connectivity index is 1.73. The van der Waals surface area contributed by atoms with Crippen LogP contribution in [0, 0.1) is 5.92 Å². The van der Waals surface area contributed by atoms with Crippen LogP contribution in [-0.4, -0.2) is 38.7 Å². The van der Waals surface area contributed by atoms with Crippen molar-refractivity contribution in [2.75, 3.05) is 24.7 Å². The lowest BCUT2D eigenvalue weighted by molar-refractivity contribution is 0.173. The standard InChI is InChI=1S/C21H26N2O3S/c1-16-12-13-23(14-19(16)17-8-4-3-5-9-17)21(24)22-20-11-7-6-10-18(20)15-27(2,25)26/h3-11,16,19H,12-15H2,1-2H3,(H,22,24). The first-order chi connectivity index (χ1) is 12.8. The lowest BCUT2D eigenvalue weighted by Crippen LogP contribution is -2.44. The Morgan fingerprint density at radius 1 is 1.11 bits per heavy atom. The molecule has 1 heterocycles. The Labute approximate surface area is 161 Å². The van der Waals surface area contributed by atoms with Gasteiger partial charge in [0.05, 0.1) is 5.75 Å². The molecule has 2 aromatic rings. The van der Waals surface area contributed by atoms with Crippen LogP contribution in [0.1, 0.15) is 30.4 Å². The monoisotopic (exact) mass is 386 g/mol. The third-order valence-electron chi connectivity index (χ3n) is 5.15. The Kier molecular flexibility index (Phi) is 5.85. The van der Waals surface area contributed by atoms with Crippen molar-refractivity contribution >= 4 is 21.6 Å². The molecule has 2 amide bonds. The molecular weight excluding hydrogens is 360 g/mol. The van der Waals surface area contributed by atoms with Gasteiger partial charge in [-0.15, -0.1) is 0 Å². The summed E-state index contributed by atoms with van der Waals surface area (Å²) in [5.41, 5.74) is 2.42. The molecule has 0 aromatic heterocycles. The van der Waals surface area contributed by atoms with E-state index >= 15 is 0 Å². The second-order valence-electron chi connectivity index (χ2n) is 7.39. The van der Waals surface area contributed by atoms with Gasteiger partial charge in [0.25, 0.3) is 0 Å². The quantitative estimate of drug-likeness (QED) is 0.867. The number of nitrogens with zero attached hydrogens (tertiary/aromatic N) is 1. The number of nitrogens with one attached hydrogen (secondary N) is 1. The number of rotatable bonds is 4. The summed E-state index contributed by atoms with van der Waals surface area (Å²) in [5.74, 6) is 0.721. The third-order valence-corrected chi connectivity index (χ3v) is 5.99. The van der Waals surface area contributed by atoms with E-state index in [2.05, 4.69) is 24.4 Å². The smallest absolute Gasteiger partial charge is 0.321 e. The highest BCUT2D eigenvalue weighted by molar-refractivity contribution is 7.89. The zero-order valence-electron chi connectivity index (χ0n) is 15.8. The van der Waals surface area contributed by atoms with Crippen LogP contribution in [0.3, 0.4) is 0 Å². The molecule has 1 aliphatic heterocycles. The van der Waals surface area contributed by atoms with Crippen LogP contribution in [-0.2, 0) is 15.6 Å². The molecule has 144 valence electrons. The second kappa shape index (κ2) is 8.13. The van der Waals surface area contributed by atoms with E-state index in [9.17, 15) is 13.2 Å². The third kappa shape index (κ3) is 5.10. The molecule has 2 aromatic carbocycles. The topological polar surface area (TPSA) is 66.5 Å². The Hall–Kier alpha value is -2.34. The highest BCUT2D eigenvalue weighted by Gasteiger charge is 2.30. The van der Waals surface area contributed by atoms with Crippen LogP contribution in [0.2, 0.25) is 0 Å². The minimum Gasteiger partial charge on any atom is -0.324 e. The number of anilines is 1. The summed E-state index contributed by atoms with van der Waals surface area (Å²) in [7, 11) is -3.18. The first kappa shape index (κ1) is 19.4. The number of urea groups is 1. The highest BCUT2D eigenvalue weighted by Crippen LogP contribution is 2.32. The largest absolute Gasteiger partial charge is 0.324 e. The van der Waals surface area contributed by atoms with Crippen molar-refractivity contribution in [2.24, 2.45) is 5.92 Å². The van der Waals surface area contributed by atoms with E-state index in [0.29, 0.717) is 36.2 Å². The first-order valence-electron chi connectivity index (χ1n) is 9.20. The van der Waals surface area contributed by atoms with Gasteiger partial charge in [0.2, 0.25) is 0 Å². The van der Waals surface area contributed by atoms with Gasteiger partial charge in [-0.25, -0.2) is 13.2 Å². The summed E-state index contributed by atoms with van der Waals surface area (Å²) in [6.07, 6.45) is 2.14. The molecule has 0 saturated carbocycles. The fourth-order valence-electron chi connectivity index (χ4n) is 3.63. The van der Waals surface area contributed by atoms with E-state index in [4.69, 9.17) is 0 Å². The van der Waals surface area contributed by atoms with Crippen molar-refractivity contribution in [3.8, 4) is 0 Å². The van der Waals surface area contributed by atoms with E-state index in [-0.39, 0.29) is 11.8 Å². The maximum atomic E-state index is 12.8. The molecule has 0 radical (unpaired) electrons. The van der Waals surface area contributed by atoms with Crippen molar-refractivity contribution < 1.29 is 13.2 Å². The van der Waals surface area contributed by atoms with Crippen molar-refractivity contribution in [3.05, 3.63) is 65.7 Å². The zero-order valence-corrected chi connectivity index (χ0v) is 16.6. The molecule has 27 heavy (non-hydrogen) atoms. The van der Waals surface area contributed by atoms with Crippen LogP contribution in [0.25, 0.3) is 0 Å². The SMILES string of the molecule is CC1CCN(C(=O)Nc2ccccc2CS(C)(=O)=O)CC1c1ccccc1. The number of hydrogen-bond acceptors (Lipinski definition) is 3. The number of para-hydroxylation sites is 1. The number of carbonyl (C=O) groups excluding carboxylic acids is 1. The van der Waals surface area contributed by atoms with Crippen LogP contribution in [0.5, 0.6) is 0 Å². The average molecular weight is 387 g/mol. The van der Waals surface area contributed by atoms with Crippen LogP contribution in [0.15, 0.2) is 54.6 Å². The Morgan fingerprint density at radius 3 is 2.48 bits per heavy atom. The molecule has 5 nitrogen and oxygen atoms in total. The molecule has 1 fully saturated rings. The number of sulfone groups is 1. The fourth-order valence-corrected chi connectivity index (χ4v) is 4.45. The summed E-state index contributed by atoms with van der Waals surface area (Å²) in [6, 6.07) is 17.2. The van der Waals surface area contributed by atoms with Crippen molar-refractivity contribution in [1.29, 1.82) is 0 Å². The molecule has 0 bridgehead atoms. The van der Waals surface area contributed by atoms with Gasteiger partial charge in [-0.2, -0.15) is 0 Å². The Bertz CT molecular complexity index is 897. The van der Waals surface area contributed by atoms with E-state index in [1.165, 1.54) is 11.8 Å². The highest BCUT2D eigenvalue weighted by atomic mass is 32.2. The minimum atomic E-state index is -3.18. The van der Waals surface area contributed by atoms with Gasteiger partial charge < -0.3 is 10.2 Å². The molecule has 6 heteroatoms. The van der Waals surface area contributed by atoms with Crippen molar-refractivity contribution in [2.45, 2.75) is 25.0 Å². The predicted molar refractivity (Wildman–Crippen MR) is 109 cm³/mol. The molecule has 0 spiro atoms. The summed E-state index contributed by atoms with van der Waals surface area (Å²) in [4.78, 5) is 14.7. The zero-order chi connectivity index (χ0) is 19.4. The number of carbonyl (C=O) groups is 1. The maximum Gasteiger partial charge on any atom is 0.321 e. The molecule has 1 saturated heterocycles. The average Bonchev–Trinajstić information content (AvgIpc) is 2.63. The van der Waals surface area contributed by atoms with Crippen LogP contribution >= 0.6 is 0 Å². The van der Waals surface area contributed by atoms with Crippen LogP contribution in [0.4, 0.5) is 10.5 Å². The summed E-state index contributed by atoms with van der Waals surface area (Å²) in [6.45, 7) is 3.59. The first-order valence-corrected chi connectivity index (χ1v) is 11.3. The molecule has 0 aliphatic carbocycles. The van der Waals surface area contributed by atoms with Gasteiger partial charge in [-0.05, 0) is 29.5 Å². The van der Waals surface area contributed by atoms with Gasteiger partial charge in [0.15, 0.2) is 9.84 Å². The molecular formula is C21H26N2O3S. The normalized spacial score (nSPS) is 20.3. The lowest BCUT2D eigenvalue weighted by atomic mass is 9.82. The molecule has 1 N–H and O–H groups in total. The van der Waals surface area contributed by atoms with Crippen LogP contribution < -0.4 is 5.32 Å². The minimum absolute atomic E-state index is 0.0902. The van der Waals surface area contributed by atoms with Crippen molar-refractivity contribution in [3.63, 3.8) is 0 Å². The number of amides is 2. The van der Waals surface area contributed by atoms with Gasteiger partial charge in [0.1, 0.15) is 0 Å². The molecule has 2 atom stereocenters.